The van der Waals surface area contributed by atoms with Gasteiger partial charge in [-0.05, 0) is 36.4 Å². The van der Waals surface area contributed by atoms with Gasteiger partial charge in [-0.1, -0.05) is 12.1 Å². The van der Waals surface area contributed by atoms with Crippen molar-refractivity contribution in [2.75, 3.05) is 12.4 Å². The van der Waals surface area contributed by atoms with Gasteiger partial charge in [0.2, 0.25) is 0 Å². The molecule has 0 bridgehead atoms. The molecule has 130 valence electrons. The third-order valence-corrected chi connectivity index (χ3v) is 5.04. The van der Waals surface area contributed by atoms with E-state index >= 15 is 0 Å². The molecule has 0 saturated carbocycles. The third-order valence-electron chi connectivity index (χ3n) is 3.72. The highest BCUT2D eigenvalue weighted by Gasteiger charge is 2.19. The van der Waals surface area contributed by atoms with E-state index in [1.54, 1.807) is 18.8 Å². The molecule has 2 aromatic heterocycles. The van der Waals surface area contributed by atoms with E-state index in [9.17, 15) is 4.79 Å². The fourth-order valence-corrected chi connectivity index (χ4v) is 3.29. The fourth-order valence-electron chi connectivity index (χ4n) is 2.30. The molecule has 1 amide bonds. The lowest BCUT2D eigenvalue weighted by Gasteiger charge is -2.06. The molecule has 25 heavy (non-hydrogen) atoms. The van der Waals surface area contributed by atoms with Gasteiger partial charge in [-0.15, -0.1) is 16.4 Å². The lowest BCUT2D eigenvalue weighted by Crippen LogP contribution is -2.11. The minimum absolute atomic E-state index is 0.142. The molecule has 8 nitrogen and oxygen atoms in total. The second-order valence-electron chi connectivity index (χ2n) is 5.51. The summed E-state index contributed by atoms with van der Waals surface area (Å²) in [5.41, 5.74) is 2.18. The lowest BCUT2D eigenvalue weighted by atomic mass is 10.2. The second-order valence-corrected chi connectivity index (χ2v) is 6.54. The summed E-state index contributed by atoms with van der Waals surface area (Å²) in [7, 11) is 3.38. The van der Waals surface area contributed by atoms with Crippen molar-refractivity contribution in [1.29, 1.82) is 0 Å². The summed E-state index contributed by atoms with van der Waals surface area (Å²) in [5, 5.41) is 15.1. The Bertz CT molecular complexity index is 904. The van der Waals surface area contributed by atoms with Crippen molar-refractivity contribution in [2.45, 2.75) is 20.0 Å². The number of methoxy groups -OCH3 is 1. The van der Waals surface area contributed by atoms with E-state index in [1.807, 2.05) is 38.1 Å². The van der Waals surface area contributed by atoms with Crippen LogP contribution in [0.1, 0.15) is 33.4 Å². The molecule has 1 atom stereocenters. The molecule has 0 aliphatic heterocycles. The molecule has 0 saturated heterocycles. The van der Waals surface area contributed by atoms with Gasteiger partial charge in [-0.3, -0.25) is 4.79 Å². The number of amides is 1. The first-order chi connectivity index (χ1) is 12.0. The van der Waals surface area contributed by atoms with Gasteiger partial charge in [0, 0.05) is 25.4 Å². The van der Waals surface area contributed by atoms with E-state index in [0.29, 0.717) is 22.1 Å². The van der Waals surface area contributed by atoms with E-state index in [2.05, 4.69) is 25.8 Å². The first-order valence-electron chi connectivity index (χ1n) is 7.64. The smallest absolute Gasteiger partial charge is 0.267 e. The standard InChI is InChI=1S/C16H18N6O2S/c1-9-13(25-16(17-9)10(2)24-4)15(23)18-12-7-5-6-11(8-12)14-19-20-21-22(14)3/h5-8,10H,1-4H3,(H,18,23). The third kappa shape index (κ3) is 3.57. The topological polar surface area (TPSA) is 94.8 Å². The number of anilines is 1. The molecular formula is C16H18N6O2S. The van der Waals surface area contributed by atoms with Gasteiger partial charge in [0.05, 0.1) is 5.69 Å². The fraction of sp³-hybridized carbons (Fsp3) is 0.312. The van der Waals surface area contributed by atoms with Gasteiger partial charge in [0.25, 0.3) is 5.91 Å². The first kappa shape index (κ1) is 17.2. The number of tetrazole rings is 1. The number of carbonyl (C=O) groups excluding carboxylic acids is 1. The van der Waals surface area contributed by atoms with Crippen LogP contribution in [0.5, 0.6) is 0 Å². The van der Waals surface area contributed by atoms with E-state index in [4.69, 9.17) is 4.74 Å². The molecule has 1 N–H and O–H groups in total. The molecule has 9 heteroatoms. The summed E-state index contributed by atoms with van der Waals surface area (Å²) in [6.45, 7) is 3.72. The van der Waals surface area contributed by atoms with Crippen LogP contribution in [0.2, 0.25) is 0 Å². The summed E-state index contributed by atoms with van der Waals surface area (Å²) >= 11 is 1.34. The molecule has 0 radical (unpaired) electrons. The van der Waals surface area contributed by atoms with Gasteiger partial charge in [-0.25, -0.2) is 9.67 Å². The number of carbonyl (C=O) groups is 1. The minimum atomic E-state index is -0.196. The summed E-state index contributed by atoms with van der Waals surface area (Å²) < 4.78 is 6.84. The molecule has 3 aromatic rings. The van der Waals surface area contributed by atoms with E-state index in [0.717, 1.165) is 10.6 Å². The Morgan fingerprint density at radius 1 is 1.40 bits per heavy atom. The van der Waals surface area contributed by atoms with Crippen molar-refractivity contribution >= 4 is 22.9 Å². The number of aromatic nitrogens is 5. The monoisotopic (exact) mass is 358 g/mol. The summed E-state index contributed by atoms with van der Waals surface area (Å²) in [6.07, 6.45) is -0.142. The summed E-state index contributed by atoms with van der Waals surface area (Å²) in [5.74, 6) is 0.430. The maximum atomic E-state index is 12.6. The number of nitrogens with one attached hydrogen (secondary N) is 1. The molecule has 0 aliphatic carbocycles. The normalized spacial score (nSPS) is 12.2. The minimum Gasteiger partial charge on any atom is -0.375 e. The molecule has 2 heterocycles. The SMILES string of the molecule is COC(C)c1nc(C)c(C(=O)Nc2cccc(-c3nnnn3C)c2)s1. The van der Waals surface area contributed by atoms with Crippen LogP contribution >= 0.6 is 11.3 Å². The zero-order valence-electron chi connectivity index (χ0n) is 14.3. The van der Waals surface area contributed by atoms with Crippen LogP contribution in [-0.2, 0) is 11.8 Å². The van der Waals surface area contributed by atoms with Crippen LogP contribution in [0, 0.1) is 6.92 Å². The first-order valence-corrected chi connectivity index (χ1v) is 8.45. The zero-order valence-corrected chi connectivity index (χ0v) is 15.2. The van der Waals surface area contributed by atoms with Crippen molar-refractivity contribution in [3.8, 4) is 11.4 Å². The number of nitrogens with zero attached hydrogens (tertiary/aromatic N) is 5. The average Bonchev–Trinajstić information content (AvgIpc) is 3.20. The van der Waals surface area contributed by atoms with Gasteiger partial charge < -0.3 is 10.1 Å². The van der Waals surface area contributed by atoms with Crippen LogP contribution in [0.4, 0.5) is 5.69 Å². The number of rotatable bonds is 5. The van der Waals surface area contributed by atoms with Crippen molar-refractivity contribution in [2.24, 2.45) is 7.05 Å². The highest BCUT2D eigenvalue weighted by molar-refractivity contribution is 7.14. The molecular weight excluding hydrogens is 340 g/mol. The van der Waals surface area contributed by atoms with Crippen molar-refractivity contribution in [3.05, 3.63) is 39.8 Å². The molecule has 0 aliphatic rings. The Hall–Kier alpha value is -2.65. The predicted molar refractivity (Wildman–Crippen MR) is 94.5 cm³/mol. The lowest BCUT2D eigenvalue weighted by molar-refractivity contribution is 0.103. The van der Waals surface area contributed by atoms with Crippen molar-refractivity contribution < 1.29 is 9.53 Å². The molecule has 1 aromatic carbocycles. The maximum absolute atomic E-state index is 12.6. The van der Waals surface area contributed by atoms with Crippen LogP contribution in [0.25, 0.3) is 11.4 Å². The summed E-state index contributed by atoms with van der Waals surface area (Å²) in [6, 6.07) is 7.38. The number of aryl methyl sites for hydroxylation is 2. The Morgan fingerprint density at radius 3 is 2.88 bits per heavy atom. The molecule has 0 fully saturated rings. The molecule has 0 spiro atoms. The van der Waals surface area contributed by atoms with Gasteiger partial charge in [0.15, 0.2) is 5.82 Å². The highest BCUT2D eigenvalue weighted by Crippen LogP contribution is 2.26. The Morgan fingerprint density at radius 2 is 2.20 bits per heavy atom. The molecule has 3 rings (SSSR count). The van der Waals surface area contributed by atoms with E-state index in [-0.39, 0.29) is 12.0 Å². The van der Waals surface area contributed by atoms with Crippen LogP contribution < -0.4 is 5.32 Å². The number of thiazole rings is 1. The number of hydrogen-bond acceptors (Lipinski definition) is 7. The highest BCUT2D eigenvalue weighted by atomic mass is 32.1. The largest absolute Gasteiger partial charge is 0.375 e. The van der Waals surface area contributed by atoms with Gasteiger partial charge >= 0.3 is 0 Å². The quantitative estimate of drug-likeness (QED) is 0.753. The summed E-state index contributed by atoms with van der Waals surface area (Å²) in [4.78, 5) is 17.6. The Kier molecular flexibility index (Phi) is 4.86. The average molecular weight is 358 g/mol. The predicted octanol–water partition coefficient (Wildman–Crippen LogP) is 2.60. The maximum Gasteiger partial charge on any atom is 0.267 e. The van der Waals surface area contributed by atoms with Crippen LogP contribution in [-0.4, -0.2) is 38.2 Å². The van der Waals surface area contributed by atoms with Crippen molar-refractivity contribution in [3.63, 3.8) is 0 Å². The van der Waals surface area contributed by atoms with E-state index in [1.165, 1.54) is 11.3 Å². The van der Waals surface area contributed by atoms with Crippen LogP contribution in [0.3, 0.4) is 0 Å². The second kappa shape index (κ2) is 7.08. The Balaban J connectivity index is 1.82. The van der Waals surface area contributed by atoms with Crippen molar-refractivity contribution in [1.82, 2.24) is 25.2 Å². The van der Waals surface area contributed by atoms with Crippen LogP contribution in [0.15, 0.2) is 24.3 Å². The molecule has 1 unspecified atom stereocenters. The number of hydrogen-bond donors (Lipinski definition) is 1. The number of benzene rings is 1. The number of ether oxygens (including phenoxy) is 1. The Labute approximate surface area is 148 Å². The van der Waals surface area contributed by atoms with Gasteiger partial charge in [-0.2, -0.15) is 0 Å². The zero-order chi connectivity index (χ0) is 18.0. The van der Waals surface area contributed by atoms with E-state index < -0.39 is 0 Å². The van der Waals surface area contributed by atoms with Gasteiger partial charge in [0.1, 0.15) is 16.0 Å².